The Bertz CT molecular complexity index is 1270. The van der Waals surface area contributed by atoms with Gasteiger partial charge in [0.25, 0.3) is 0 Å². The van der Waals surface area contributed by atoms with Gasteiger partial charge in [0.15, 0.2) is 0 Å². The van der Waals surface area contributed by atoms with Crippen LogP contribution in [-0.4, -0.2) is 31.5 Å². The standard InChI is InChI=1S/C20H23N3O6S3/c1-2-20-21-19(12-30-20)18(11-14-6-8-16(9-7-14)22-32(27,28)29)23-31(25,26)13-15-4-3-5-17(24)10-15/h3-10,12,18,22-24H,2,11,13H2,1H3,(H,27,28,29)/t18-/m0/s1. The van der Waals surface area contributed by atoms with E-state index in [2.05, 4.69) is 9.71 Å². The van der Waals surface area contributed by atoms with Crippen LogP contribution < -0.4 is 9.44 Å². The van der Waals surface area contributed by atoms with E-state index in [0.717, 1.165) is 17.0 Å². The molecule has 1 atom stereocenters. The topological polar surface area (TPSA) is 146 Å². The lowest BCUT2D eigenvalue weighted by atomic mass is 10.0. The minimum atomic E-state index is -4.38. The molecule has 0 saturated heterocycles. The molecule has 0 bridgehead atoms. The first-order valence-corrected chi connectivity index (χ1v) is 13.6. The number of aryl methyl sites for hydroxylation is 1. The highest BCUT2D eigenvalue weighted by atomic mass is 32.2. The second kappa shape index (κ2) is 9.96. The van der Waals surface area contributed by atoms with Gasteiger partial charge in [0.1, 0.15) is 5.75 Å². The van der Waals surface area contributed by atoms with E-state index < -0.39 is 26.4 Å². The van der Waals surface area contributed by atoms with E-state index in [-0.39, 0.29) is 23.6 Å². The van der Waals surface area contributed by atoms with Crippen molar-refractivity contribution in [3.63, 3.8) is 0 Å². The van der Waals surface area contributed by atoms with Crippen molar-refractivity contribution in [2.75, 3.05) is 4.72 Å². The first-order chi connectivity index (χ1) is 15.0. The van der Waals surface area contributed by atoms with Crippen LogP contribution in [0.3, 0.4) is 0 Å². The Morgan fingerprint density at radius 1 is 1.06 bits per heavy atom. The van der Waals surface area contributed by atoms with Crippen LogP contribution in [0.15, 0.2) is 53.9 Å². The summed E-state index contributed by atoms with van der Waals surface area (Å²) in [4.78, 5) is 4.52. The molecule has 0 aliphatic heterocycles. The summed E-state index contributed by atoms with van der Waals surface area (Å²) in [6.07, 6.45) is 1.00. The van der Waals surface area contributed by atoms with Crippen molar-refractivity contribution in [1.29, 1.82) is 0 Å². The smallest absolute Gasteiger partial charge is 0.357 e. The summed E-state index contributed by atoms with van der Waals surface area (Å²) in [5.41, 5.74) is 1.96. The average molecular weight is 498 g/mol. The van der Waals surface area contributed by atoms with Crippen molar-refractivity contribution < 1.29 is 26.5 Å². The van der Waals surface area contributed by atoms with Gasteiger partial charge in [-0.05, 0) is 48.2 Å². The molecule has 172 valence electrons. The van der Waals surface area contributed by atoms with Crippen molar-refractivity contribution >= 4 is 37.4 Å². The number of sulfonamides is 1. The number of rotatable bonds is 10. The molecule has 0 spiro atoms. The third-order valence-corrected chi connectivity index (χ3v) is 7.32. The zero-order chi connectivity index (χ0) is 23.4. The number of aromatic nitrogens is 1. The van der Waals surface area contributed by atoms with E-state index in [1.165, 1.54) is 35.6 Å². The van der Waals surface area contributed by atoms with Crippen LogP contribution in [0.5, 0.6) is 5.75 Å². The number of aromatic hydroxyl groups is 1. The monoisotopic (exact) mass is 497 g/mol. The highest BCUT2D eigenvalue weighted by molar-refractivity contribution is 7.88. The zero-order valence-corrected chi connectivity index (χ0v) is 19.5. The van der Waals surface area contributed by atoms with Crippen molar-refractivity contribution in [3.8, 4) is 5.75 Å². The number of nitrogens with zero attached hydrogens (tertiary/aromatic N) is 1. The van der Waals surface area contributed by atoms with E-state index in [1.807, 2.05) is 17.0 Å². The molecule has 12 heteroatoms. The molecule has 9 nitrogen and oxygen atoms in total. The Morgan fingerprint density at radius 3 is 2.38 bits per heavy atom. The summed E-state index contributed by atoms with van der Waals surface area (Å²) in [7, 11) is -8.15. The van der Waals surface area contributed by atoms with Crippen molar-refractivity contribution in [2.24, 2.45) is 0 Å². The van der Waals surface area contributed by atoms with E-state index in [9.17, 15) is 21.9 Å². The SMILES string of the molecule is CCc1nc([C@H](Cc2ccc(NS(=O)(=O)O)cc2)NS(=O)(=O)Cc2cccc(O)c2)cs1. The minimum absolute atomic E-state index is 0.0140. The molecule has 3 aromatic rings. The van der Waals surface area contributed by atoms with Gasteiger partial charge in [-0.25, -0.2) is 18.1 Å². The predicted molar refractivity (Wildman–Crippen MR) is 123 cm³/mol. The summed E-state index contributed by atoms with van der Waals surface area (Å²) in [5.74, 6) is -0.320. The Hall–Kier alpha value is -2.51. The van der Waals surface area contributed by atoms with Crippen LogP contribution in [-0.2, 0) is 38.9 Å². The number of phenolic OH excluding ortho intramolecular Hbond substituents is 1. The molecule has 4 N–H and O–H groups in total. The number of hydrogen-bond donors (Lipinski definition) is 4. The Kier molecular flexibility index (Phi) is 7.51. The minimum Gasteiger partial charge on any atom is -0.508 e. The lowest BCUT2D eigenvalue weighted by Crippen LogP contribution is -2.31. The van der Waals surface area contributed by atoms with Gasteiger partial charge in [-0.1, -0.05) is 31.2 Å². The van der Waals surface area contributed by atoms with E-state index in [1.54, 1.807) is 24.3 Å². The first-order valence-electron chi connectivity index (χ1n) is 9.59. The quantitative estimate of drug-likeness (QED) is 0.315. The van der Waals surface area contributed by atoms with Gasteiger partial charge in [-0.2, -0.15) is 8.42 Å². The molecule has 0 aliphatic carbocycles. The molecule has 0 saturated carbocycles. The van der Waals surface area contributed by atoms with Crippen molar-refractivity contribution in [2.45, 2.75) is 31.6 Å². The van der Waals surface area contributed by atoms with Crippen LogP contribution in [0.25, 0.3) is 0 Å². The molecule has 3 rings (SSSR count). The van der Waals surface area contributed by atoms with Gasteiger partial charge < -0.3 is 5.11 Å². The molecule has 1 aromatic heterocycles. The zero-order valence-electron chi connectivity index (χ0n) is 17.1. The summed E-state index contributed by atoms with van der Waals surface area (Å²) in [6.45, 7) is 1.96. The summed E-state index contributed by atoms with van der Waals surface area (Å²) >= 11 is 1.45. The highest BCUT2D eigenvalue weighted by Gasteiger charge is 2.23. The fourth-order valence-corrected chi connectivity index (χ4v) is 5.64. The maximum atomic E-state index is 12.9. The van der Waals surface area contributed by atoms with E-state index in [4.69, 9.17) is 4.55 Å². The molecule has 0 fully saturated rings. The number of thiazole rings is 1. The maximum Gasteiger partial charge on any atom is 0.357 e. The van der Waals surface area contributed by atoms with Crippen molar-refractivity contribution in [1.82, 2.24) is 9.71 Å². The molecule has 0 unspecified atom stereocenters. The molecule has 0 amide bonds. The molecule has 0 radical (unpaired) electrons. The number of hydrogen-bond acceptors (Lipinski definition) is 7. The fourth-order valence-electron chi connectivity index (χ4n) is 3.07. The van der Waals surface area contributed by atoms with Crippen LogP contribution in [0.4, 0.5) is 5.69 Å². The second-order valence-electron chi connectivity index (χ2n) is 7.10. The number of anilines is 1. The third kappa shape index (κ3) is 7.28. The van der Waals surface area contributed by atoms with Crippen LogP contribution >= 0.6 is 11.3 Å². The van der Waals surface area contributed by atoms with E-state index in [0.29, 0.717) is 11.3 Å². The fraction of sp³-hybridized carbons (Fsp3) is 0.250. The largest absolute Gasteiger partial charge is 0.508 e. The number of phenols is 1. The molecular formula is C20H23N3O6S3. The average Bonchev–Trinajstić information content (AvgIpc) is 3.16. The molecule has 32 heavy (non-hydrogen) atoms. The first kappa shape index (κ1) is 24.1. The highest BCUT2D eigenvalue weighted by Crippen LogP contribution is 2.24. The third-order valence-electron chi connectivity index (χ3n) is 4.46. The Labute approximate surface area is 191 Å². The van der Waals surface area contributed by atoms with E-state index >= 15 is 0 Å². The van der Waals surface area contributed by atoms with Crippen molar-refractivity contribution in [3.05, 3.63) is 75.7 Å². The molecule has 0 aliphatic rings. The van der Waals surface area contributed by atoms with Crippen LogP contribution in [0.2, 0.25) is 0 Å². The molecule has 1 heterocycles. The Balaban J connectivity index is 1.82. The maximum absolute atomic E-state index is 12.9. The summed E-state index contributed by atoms with van der Waals surface area (Å²) < 4.78 is 61.2. The van der Waals surface area contributed by atoms with Gasteiger partial charge >= 0.3 is 10.3 Å². The molecule has 2 aromatic carbocycles. The lowest BCUT2D eigenvalue weighted by Gasteiger charge is -2.18. The van der Waals surface area contributed by atoms with Gasteiger partial charge in [0, 0.05) is 5.38 Å². The number of nitrogens with one attached hydrogen (secondary N) is 2. The normalized spacial score (nSPS) is 13.1. The van der Waals surface area contributed by atoms with Gasteiger partial charge in [0.05, 0.1) is 28.2 Å². The predicted octanol–water partition coefficient (Wildman–Crippen LogP) is 3.03. The number of benzene rings is 2. The van der Waals surface area contributed by atoms with Crippen LogP contribution in [0, 0.1) is 0 Å². The van der Waals surface area contributed by atoms with Gasteiger partial charge in [-0.3, -0.25) is 9.27 Å². The summed E-state index contributed by atoms with van der Waals surface area (Å²) in [6, 6.07) is 11.6. The summed E-state index contributed by atoms with van der Waals surface area (Å²) in [5, 5.41) is 12.3. The van der Waals surface area contributed by atoms with Gasteiger partial charge in [-0.15, -0.1) is 11.3 Å². The lowest BCUT2D eigenvalue weighted by molar-refractivity contribution is 0.474. The Morgan fingerprint density at radius 2 is 1.78 bits per heavy atom. The second-order valence-corrected chi connectivity index (χ2v) is 10.9. The van der Waals surface area contributed by atoms with Crippen LogP contribution in [0.1, 0.15) is 34.8 Å². The molecular weight excluding hydrogens is 474 g/mol. The van der Waals surface area contributed by atoms with Gasteiger partial charge in [0.2, 0.25) is 10.0 Å².